The van der Waals surface area contributed by atoms with Crippen LogP contribution >= 0.6 is 0 Å². The molecular formula is C26H16O. The van der Waals surface area contributed by atoms with Gasteiger partial charge in [-0.1, -0.05) is 72.5 Å². The van der Waals surface area contributed by atoms with Crippen LogP contribution in [0.15, 0.2) is 101 Å². The standard InChI is InChI=1S/C26H16O/c1-2-8-19(9-3-1)14-15-20-10-4-5-11-22(20)21-16-17-26-24(18-21)23-12-6-7-13-25(23)27-26/h1-13,16-18H. The van der Waals surface area contributed by atoms with Crippen LogP contribution in [0.4, 0.5) is 0 Å². The lowest BCUT2D eigenvalue weighted by Gasteiger charge is -2.05. The normalized spacial score (nSPS) is 10.7. The predicted octanol–water partition coefficient (Wildman–Crippen LogP) is 6.65. The molecular weight excluding hydrogens is 328 g/mol. The molecule has 0 saturated heterocycles. The zero-order valence-corrected chi connectivity index (χ0v) is 14.6. The molecule has 0 N–H and O–H groups in total. The molecule has 0 saturated carbocycles. The van der Waals surface area contributed by atoms with E-state index in [1.54, 1.807) is 0 Å². The van der Waals surface area contributed by atoms with E-state index in [1.165, 1.54) is 0 Å². The molecule has 0 aliphatic carbocycles. The first kappa shape index (κ1) is 15.5. The van der Waals surface area contributed by atoms with E-state index < -0.39 is 0 Å². The third kappa shape index (κ3) is 2.88. The van der Waals surface area contributed by atoms with Gasteiger partial charge in [0, 0.05) is 21.9 Å². The highest BCUT2D eigenvalue weighted by atomic mass is 16.3. The van der Waals surface area contributed by atoms with E-state index in [1.807, 2.05) is 60.7 Å². The van der Waals surface area contributed by atoms with E-state index in [2.05, 4.69) is 48.2 Å². The van der Waals surface area contributed by atoms with Crippen LogP contribution in [0.25, 0.3) is 33.1 Å². The van der Waals surface area contributed by atoms with Crippen molar-refractivity contribution >= 4 is 21.9 Å². The van der Waals surface area contributed by atoms with Gasteiger partial charge in [-0.25, -0.2) is 0 Å². The Hall–Kier alpha value is -3.76. The Morgan fingerprint density at radius 1 is 0.556 bits per heavy atom. The Bertz CT molecular complexity index is 1310. The van der Waals surface area contributed by atoms with Crippen LogP contribution in [0.2, 0.25) is 0 Å². The fourth-order valence-corrected chi connectivity index (χ4v) is 3.40. The van der Waals surface area contributed by atoms with Crippen molar-refractivity contribution in [1.29, 1.82) is 0 Å². The van der Waals surface area contributed by atoms with Crippen LogP contribution in [0.1, 0.15) is 11.1 Å². The van der Waals surface area contributed by atoms with E-state index >= 15 is 0 Å². The third-order valence-electron chi connectivity index (χ3n) is 4.73. The van der Waals surface area contributed by atoms with Gasteiger partial charge in [-0.3, -0.25) is 0 Å². The van der Waals surface area contributed by atoms with Crippen LogP contribution in [-0.4, -0.2) is 0 Å². The van der Waals surface area contributed by atoms with E-state index in [9.17, 15) is 0 Å². The Kier molecular flexibility index (Phi) is 3.74. The Morgan fingerprint density at radius 3 is 2.22 bits per heavy atom. The molecule has 0 bridgehead atoms. The zero-order valence-electron chi connectivity index (χ0n) is 14.6. The molecule has 1 heteroatoms. The van der Waals surface area contributed by atoms with E-state index in [4.69, 9.17) is 4.42 Å². The minimum atomic E-state index is 0.910. The molecule has 5 aromatic rings. The lowest BCUT2D eigenvalue weighted by atomic mass is 9.98. The molecule has 0 unspecified atom stereocenters. The van der Waals surface area contributed by atoms with Crippen molar-refractivity contribution in [1.82, 2.24) is 0 Å². The van der Waals surface area contributed by atoms with Crippen LogP contribution in [0.3, 0.4) is 0 Å². The zero-order chi connectivity index (χ0) is 18.1. The molecule has 0 amide bonds. The molecule has 1 nitrogen and oxygen atoms in total. The summed E-state index contributed by atoms with van der Waals surface area (Å²) in [7, 11) is 0. The first-order chi connectivity index (χ1) is 13.4. The van der Waals surface area contributed by atoms with Gasteiger partial charge in [-0.2, -0.15) is 0 Å². The van der Waals surface area contributed by atoms with Crippen LogP contribution in [-0.2, 0) is 0 Å². The number of furan rings is 1. The summed E-state index contributed by atoms with van der Waals surface area (Å²) in [6.45, 7) is 0. The van der Waals surface area contributed by atoms with Crippen LogP contribution < -0.4 is 0 Å². The molecule has 0 radical (unpaired) electrons. The maximum absolute atomic E-state index is 5.95. The quantitative estimate of drug-likeness (QED) is 0.310. The smallest absolute Gasteiger partial charge is 0.135 e. The summed E-state index contributed by atoms with van der Waals surface area (Å²) in [6, 6.07) is 32.9. The van der Waals surface area contributed by atoms with E-state index in [-0.39, 0.29) is 0 Å². The number of para-hydroxylation sites is 1. The highest BCUT2D eigenvalue weighted by molar-refractivity contribution is 6.06. The summed E-state index contributed by atoms with van der Waals surface area (Å²) < 4.78 is 5.95. The molecule has 0 spiro atoms. The fourth-order valence-electron chi connectivity index (χ4n) is 3.40. The molecule has 0 aliphatic heterocycles. The minimum Gasteiger partial charge on any atom is -0.456 e. The second kappa shape index (κ2) is 6.52. The maximum Gasteiger partial charge on any atom is 0.135 e. The van der Waals surface area contributed by atoms with Crippen molar-refractivity contribution in [2.45, 2.75) is 0 Å². The first-order valence-corrected chi connectivity index (χ1v) is 8.96. The van der Waals surface area contributed by atoms with Crippen molar-refractivity contribution < 1.29 is 4.42 Å². The predicted molar refractivity (Wildman–Crippen MR) is 112 cm³/mol. The van der Waals surface area contributed by atoms with Gasteiger partial charge in [0.05, 0.1) is 0 Å². The van der Waals surface area contributed by atoms with Gasteiger partial charge in [-0.05, 0) is 47.5 Å². The van der Waals surface area contributed by atoms with Gasteiger partial charge in [0.25, 0.3) is 0 Å². The molecule has 4 aromatic carbocycles. The molecule has 0 atom stereocenters. The number of rotatable bonds is 1. The summed E-state index contributed by atoms with van der Waals surface area (Å²) in [5.41, 5.74) is 6.15. The second-order valence-electron chi connectivity index (χ2n) is 6.47. The highest BCUT2D eigenvalue weighted by Crippen LogP contribution is 2.33. The van der Waals surface area contributed by atoms with Gasteiger partial charge in [-0.15, -0.1) is 0 Å². The fraction of sp³-hybridized carbons (Fsp3) is 0. The van der Waals surface area contributed by atoms with E-state index in [0.717, 1.165) is 44.2 Å². The Balaban J connectivity index is 1.65. The van der Waals surface area contributed by atoms with Crippen molar-refractivity contribution in [2.75, 3.05) is 0 Å². The maximum atomic E-state index is 5.95. The van der Waals surface area contributed by atoms with Crippen molar-refractivity contribution in [2.24, 2.45) is 0 Å². The van der Waals surface area contributed by atoms with Gasteiger partial charge in [0.1, 0.15) is 11.2 Å². The summed E-state index contributed by atoms with van der Waals surface area (Å²) in [5.74, 6) is 6.60. The summed E-state index contributed by atoms with van der Waals surface area (Å²) in [5, 5.41) is 2.27. The summed E-state index contributed by atoms with van der Waals surface area (Å²) >= 11 is 0. The summed E-state index contributed by atoms with van der Waals surface area (Å²) in [6.07, 6.45) is 0. The molecule has 0 fully saturated rings. The number of fused-ring (bicyclic) bond motifs is 3. The molecule has 1 heterocycles. The van der Waals surface area contributed by atoms with Gasteiger partial charge >= 0.3 is 0 Å². The van der Waals surface area contributed by atoms with Crippen LogP contribution in [0.5, 0.6) is 0 Å². The molecule has 5 rings (SSSR count). The average molecular weight is 344 g/mol. The minimum absolute atomic E-state index is 0.910. The largest absolute Gasteiger partial charge is 0.456 e. The molecule has 27 heavy (non-hydrogen) atoms. The monoisotopic (exact) mass is 344 g/mol. The number of hydrogen-bond acceptors (Lipinski definition) is 1. The number of hydrogen-bond donors (Lipinski definition) is 0. The Morgan fingerprint density at radius 2 is 1.30 bits per heavy atom. The Labute approximate surface area is 157 Å². The van der Waals surface area contributed by atoms with Crippen molar-refractivity contribution in [3.05, 3.63) is 108 Å². The first-order valence-electron chi connectivity index (χ1n) is 8.96. The number of benzene rings is 4. The molecule has 1 aromatic heterocycles. The molecule has 0 aliphatic rings. The lowest BCUT2D eigenvalue weighted by Crippen LogP contribution is -1.84. The summed E-state index contributed by atoms with van der Waals surface area (Å²) in [4.78, 5) is 0. The topological polar surface area (TPSA) is 13.1 Å². The highest BCUT2D eigenvalue weighted by Gasteiger charge is 2.09. The second-order valence-corrected chi connectivity index (χ2v) is 6.47. The average Bonchev–Trinajstić information content (AvgIpc) is 3.11. The SMILES string of the molecule is C(#Cc1ccccc1-c1ccc2oc3ccccc3c2c1)c1ccccc1. The van der Waals surface area contributed by atoms with Crippen LogP contribution in [0, 0.1) is 11.8 Å². The van der Waals surface area contributed by atoms with Gasteiger partial charge in [0.2, 0.25) is 0 Å². The van der Waals surface area contributed by atoms with E-state index in [0.29, 0.717) is 0 Å². The van der Waals surface area contributed by atoms with Gasteiger partial charge < -0.3 is 4.42 Å². The van der Waals surface area contributed by atoms with Crippen molar-refractivity contribution in [3.8, 4) is 23.0 Å². The molecule has 126 valence electrons. The van der Waals surface area contributed by atoms with Crippen molar-refractivity contribution in [3.63, 3.8) is 0 Å². The third-order valence-corrected chi connectivity index (χ3v) is 4.73. The lowest BCUT2D eigenvalue weighted by molar-refractivity contribution is 0.669. The van der Waals surface area contributed by atoms with Gasteiger partial charge in [0.15, 0.2) is 0 Å².